The van der Waals surface area contributed by atoms with Gasteiger partial charge in [0.25, 0.3) is 0 Å². The minimum atomic E-state index is -1.51. The molecule has 1 aliphatic heterocycles. The number of hydrogen-bond donors (Lipinski definition) is 4. The quantitative estimate of drug-likeness (QED) is 0.192. The number of ether oxygens (including phenoxy) is 3. The van der Waals surface area contributed by atoms with Gasteiger partial charge < -0.3 is 34.6 Å². The summed E-state index contributed by atoms with van der Waals surface area (Å²) in [5, 5.41) is 38.9. The summed E-state index contributed by atoms with van der Waals surface area (Å²) in [6.07, 6.45) is 4.28. The van der Waals surface area contributed by atoms with E-state index < -0.39 is 37.3 Å². The lowest BCUT2D eigenvalue weighted by molar-refractivity contribution is -0.277. The average Bonchev–Trinajstić information content (AvgIpc) is 2.79. The molecule has 0 aromatic heterocycles. The fourth-order valence-electron chi connectivity index (χ4n) is 3.65. The van der Waals surface area contributed by atoms with Gasteiger partial charge in [0.1, 0.15) is 35.9 Å². The second-order valence-electron chi connectivity index (χ2n) is 8.34. The van der Waals surface area contributed by atoms with E-state index in [-0.39, 0.29) is 5.97 Å². The van der Waals surface area contributed by atoms with Crippen molar-refractivity contribution in [2.75, 3.05) is 6.61 Å². The molecule has 5 atom stereocenters. The van der Waals surface area contributed by atoms with Crippen LogP contribution in [0, 0.1) is 0 Å². The van der Waals surface area contributed by atoms with Crippen LogP contribution in [-0.4, -0.2) is 63.7 Å². The lowest BCUT2D eigenvalue weighted by Crippen LogP contribution is -2.60. The van der Waals surface area contributed by atoms with Crippen LogP contribution in [0.15, 0.2) is 24.3 Å². The smallest absolute Gasteiger partial charge is 0.311 e. The van der Waals surface area contributed by atoms with Crippen molar-refractivity contribution >= 4 is 5.97 Å². The first-order chi connectivity index (χ1) is 15.5. The highest BCUT2D eigenvalue weighted by Crippen LogP contribution is 2.25. The Bertz CT molecular complexity index is 648. The van der Waals surface area contributed by atoms with E-state index >= 15 is 0 Å². The average molecular weight is 455 g/mol. The van der Waals surface area contributed by atoms with E-state index in [1.54, 1.807) is 24.3 Å². The van der Waals surface area contributed by atoms with Crippen molar-refractivity contribution in [2.24, 2.45) is 0 Å². The Morgan fingerprint density at radius 2 is 1.41 bits per heavy atom. The Morgan fingerprint density at radius 1 is 0.844 bits per heavy atom. The summed E-state index contributed by atoms with van der Waals surface area (Å²) in [5.41, 5.74) is 0. The second-order valence-corrected chi connectivity index (χ2v) is 8.34. The van der Waals surface area contributed by atoms with Crippen LogP contribution < -0.4 is 9.47 Å². The van der Waals surface area contributed by atoms with Crippen molar-refractivity contribution in [1.29, 1.82) is 0 Å². The van der Waals surface area contributed by atoms with Crippen molar-refractivity contribution in [3.8, 4) is 11.5 Å². The number of carbonyl (C=O) groups is 1. The molecule has 0 saturated carbocycles. The van der Waals surface area contributed by atoms with Crippen LogP contribution in [0.4, 0.5) is 0 Å². The lowest BCUT2D eigenvalue weighted by Gasteiger charge is -2.39. The molecule has 1 aliphatic rings. The molecule has 1 aromatic carbocycles. The van der Waals surface area contributed by atoms with Gasteiger partial charge in [0, 0.05) is 6.42 Å². The third kappa shape index (κ3) is 8.67. The largest absolute Gasteiger partial charge is 0.462 e. The fraction of sp³-hybridized carbons (Fsp3) is 0.708. The summed E-state index contributed by atoms with van der Waals surface area (Å²) in [4.78, 5) is 12.0. The molecule has 2 rings (SSSR count). The Morgan fingerprint density at radius 3 is 2.00 bits per heavy atom. The minimum Gasteiger partial charge on any atom is -0.462 e. The van der Waals surface area contributed by atoms with Crippen LogP contribution in [0.25, 0.3) is 0 Å². The van der Waals surface area contributed by atoms with Gasteiger partial charge in [-0.25, -0.2) is 0 Å². The normalized spacial score (nSPS) is 25.5. The molecule has 8 nitrogen and oxygen atoms in total. The summed E-state index contributed by atoms with van der Waals surface area (Å²) in [7, 11) is 0. The highest BCUT2D eigenvalue weighted by Gasteiger charge is 2.44. The van der Waals surface area contributed by atoms with Crippen molar-refractivity contribution in [1.82, 2.24) is 0 Å². The number of esters is 1. The molecule has 32 heavy (non-hydrogen) atoms. The van der Waals surface area contributed by atoms with Crippen LogP contribution in [0.2, 0.25) is 0 Å². The van der Waals surface area contributed by atoms with Gasteiger partial charge in [-0.05, 0) is 30.7 Å². The molecule has 182 valence electrons. The molecule has 1 fully saturated rings. The van der Waals surface area contributed by atoms with Gasteiger partial charge in [-0.3, -0.25) is 4.79 Å². The number of carbonyl (C=O) groups excluding carboxylic acids is 1. The van der Waals surface area contributed by atoms with E-state index in [1.807, 2.05) is 0 Å². The van der Waals surface area contributed by atoms with Crippen LogP contribution in [0.5, 0.6) is 11.5 Å². The maximum Gasteiger partial charge on any atom is 0.311 e. The number of aliphatic hydroxyl groups is 4. The molecule has 0 spiro atoms. The zero-order chi connectivity index (χ0) is 23.3. The third-order valence-electron chi connectivity index (χ3n) is 5.64. The van der Waals surface area contributed by atoms with Crippen molar-refractivity contribution in [2.45, 2.75) is 102 Å². The molecule has 0 aliphatic carbocycles. The maximum absolute atomic E-state index is 12.0. The van der Waals surface area contributed by atoms with Crippen LogP contribution in [-0.2, 0) is 9.53 Å². The molecule has 0 bridgehead atoms. The first-order valence-electron chi connectivity index (χ1n) is 11.7. The molecular weight excluding hydrogens is 416 g/mol. The summed E-state index contributed by atoms with van der Waals surface area (Å²) >= 11 is 0. The zero-order valence-corrected chi connectivity index (χ0v) is 18.9. The van der Waals surface area contributed by atoms with Crippen LogP contribution >= 0.6 is 0 Å². The maximum atomic E-state index is 12.0. The predicted octanol–water partition coefficient (Wildman–Crippen LogP) is 2.69. The first kappa shape index (κ1) is 26.5. The highest BCUT2D eigenvalue weighted by atomic mass is 16.7. The van der Waals surface area contributed by atoms with E-state index in [9.17, 15) is 25.2 Å². The van der Waals surface area contributed by atoms with Gasteiger partial charge in [0.15, 0.2) is 0 Å². The van der Waals surface area contributed by atoms with E-state index in [4.69, 9.17) is 14.2 Å². The number of benzene rings is 1. The molecule has 8 heteroatoms. The third-order valence-corrected chi connectivity index (χ3v) is 5.64. The molecule has 0 radical (unpaired) electrons. The fourth-order valence-corrected chi connectivity index (χ4v) is 3.65. The summed E-state index contributed by atoms with van der Waals surface area (Å²) in [6, 6.07) is 6.21. The van der Waals surface area contributed by atoms with Gasteiger partial charge in [0.05, 0.1) is 6.61 Å². The molecule has 1 saturated heterocycles. The molecular formula is C24H38O8. The monoisotopic (exact) mass is 454 g/mol. The number of unbranched alkanes of at least 4 members (excludes halogenated alkanes) is 8. The standard InChI is InChI=1S/C24H38O8/c1-2-3-4-5-6-7-8-9-10-11-20(26)30-17-12-14-18(15-13-17)31-24-23(29)22(28)21(27)19(16-25)32-24/h12-15,19,21-25,27-29H,2-11,16H2,1H3/t19-,21-,22+,23-,24-/m1/s1. The number of hydrogen-bond acceptors (Lipinski definition) is 8. The van der Waals surface area contributed by atoms with Gasteiger partial charge in [0.2, 0.25) is 6.29 Å². The van der Waals surface area contributed by atoms with E-state index in [0.717, 1.165) is 19.3 Å². The molecule has 1 aromatic rings. The Kier molecular flexibility index (Phi) is 12.0. The second kappa shape index (κ2) is 14.4. The summed E-state index contributed by atoms with van der Waals surface area (Å²) in [5.74, 6) is 0.413. The van der Waals surface area contributed by atoms with E-state index in [1.165, 1.54) is 38.5 Å². The van der Waals surface area contributed by atoms with Gasteiger partial charge in [-0.2, -0.15) is 0 Å². The van der Waals surface area contributed by atoms with Crippen LogP contribution in [0.1, 0.15) is 71.1 Å². The van der Waals surface area contributed by atoms with Gasteiger partial charge >= 0.3 is 5.97 Å². The molecule has 1 heterocycles. The van der Waals surface area contributed by atoms with Crippen molar-refractivity contribution in [3.63, 3.8) is 0 Å². The van der Waals surface area contributed by atoms with Gasteiger partial charge in [-0.1, -0.05) is 58.3 Å². The summed E-state index contributed by atoms with van der Waals surface area (Å²) < 4.78 is 16.2. The Balaban J connectivity index is 1.67. The highest BCUT2D eigenvalue weighted by molar-refractivity contribution is 5.72. The van der Waals surface area contributed by atoms with E-state index in [0.29, 0.717) is 17.9 Å². The Hall–Kier alpha value is -1.71. The molecule has 0 amide bonds. The summed E-state index contributed by atoms with van der Waals surface area (Å²) in [6.45, 7) is 1.68. The number of rotatable bonds is 14. The lowest BCUT2D eigenvalue weighted by atomic mass is 9.99. The van der Waals surface area contributed by atoms with Crippen molar-refractivity contribution in [3.05, 3.63) is 24.3 Å². The zero-order valence-electron chi connectivity index (χ0n) is 18.9. The van der Waals surface area contributed by atoms with Gasteiger partial charge in [-0.15, -0.1) is 0 Å². The predicted molar refractivity (Wildman–Crippen MR) is 118 cm³/mol. The SMILES string of the molecule is CCCCCCCCCCCC(=O)Oc1ccc(O[C@@H]2O[C@H](CO)[C@@H](O)[C@H](O)[C@H]2O)cc1. The Labute approximate surface area is 190 Å². The minimum absolute atomic E-state index is 0.282. The molecule has 0 unspecified atom stereocenters. The number of aliphatic hydroxyl groups excluding tert-OH is 4. The topological polar surface area (TPSA) is 126 Å². The van der Waals surface area contributed by atoms with E-state index in [2.05, 4.69) is 6.92 Å². The molecule has 4 N–H and O–H groups in total. The van der Waals surface area contributed by atoms with Crippen molar-refractivity contribution < 1.29 is 39.4 Å². The first-order valence-corrected chi connectivity index (χ1v) is 11.7. The van der Waals surface area contributed by atoms with Crippen LogP contribution in [0.3, 0.4) is 0 Å².